The highest BCUT2D eigenvalue weighted by Gasteiger charge is 2.44. The number of fused-ring (bicyclic) bond motifs is 1. The van der Waals surface area contributed by atoms with E-state index in [1.165, 1.54) is 19.1 Å². The van der Waals surface area contributed by atoms with Gasteiger partial charge in [-0.2, -0.15) is 0 Å². The third-order valence-electron chi connectivity index (χ3n) is 5.18. The molecule has 1 heterocycles. The third-order valence-corrected chi connectivity index (χ3v) is 5.18. The van der Waals surface area contributed by atoms with Gasteiger partial charge in [0.25, 0.3) is 0 Å². The second-order valence-corrected chi connectivity index (χ2v) is 7.24. The molecule has 0 aromatic heterocycles. The summed E-state index contributed by atoms with van der Waals surface area (Å²) in [6.45, 7) is 4.41. The predicted molar refractivity (Wildman–Crippen MR) is 103 cm³/mol. The number of Topliss-reactive ketones (excluding diaryl/α,β-unsaturated/α-hetero) is 1. The minimum atomic E-state index is -1.13. The molecule has 1 amide bonds. The van der Waals surface area contributed by atoms with Crippen molar-refractivity contribution in [1.29, 1.82) is 0 Å². The molecule has 8 nitrogen and oxygen atoms in total. The molecule has 1 aliphatic rings. The van der Waals surface area contributed by atoms with Crippen LogP contribution in [0.5, 0.6) is 11.5 Å². The molecule has 1 aromatic carbocycles. The average molecular weight is 379 g/mol. The Morgan fingerprint density at radius 2 is 1.93 bits per heavy atom. The Balaban J connectivity index is 2.39. The largest absolute Gasteiger partial charge is 0.493 e. The van der Waals surface area contributed by atoms with Gasteiger partial charge in [0.05, 0.1) is 19.9 Å². The summed E-state index contributed by atoms with van der Waals surface area (Å²) in [6.07, 6.45) is -0.270. The number of benzene rings is 1. The molecule has 27 heavy (non-hydrogen) atoms. The number of anilines is 1. The number of carbonyl (C=O) groups is 2. The minimum Gasteiger partial charge on any atom is -0.493 e. The Kier molecular flexibility index (Phi) is 6.33. The molecular formula is C19H29N3O5. The summed E-state index contributed by atoms with van der Waals surface area (Å²) in [4.78, 5) is 28.2. The number of hydrogen-bond acceptors (Lipinski definition) is 6. The highest BCUT2D eigenvalue weighted by atomic mass is 16.5. The number of nitrogens with one attached hydrogen (secondary N) is 1. The summed E-state index contributed by atoms with van der Waals surface area (Å²) in [5.41, 5.74) is -0.426. The molecule has 0 spiro atoms. The topological polar surface area (TPSA) is 91.3 Å². The van der Waals surface area contributed by atoms with Crippen molar-refractivity contribution in [1.82, 2.24) is 10.2 Å². The molecule has 0 bridgehead atoms. The van der Waals surface area contributed by atoms with E-state index < -0.39 is 11.8 Å². The van der Waals surface area contributed by atoms with Gasteiger partial charge < -0.3 is 19.5 Å². The SMILES string of the molecule is COc1cc2c(cc1OC)N(C(=O)O)C(C)(NCCC(C)N(C)C)CC2=O. The fraction of sp³-hybridized carbons (Fsp3) is 0.579. The van der Waals surface area contributed by atoms with E-state index >= 15 is 0 Å². The van der Waals surface area contributed by atoms with Gasteiger partial charge in [0, 0.05) is 24.1 Å². The first-order valence-electron chi connectivity index (χ1n) is 8.88. The number of carbonyl (C=O) groups excluding carboxylic acids is 1. The lowest BCUT2D eigenvalue weighted by molar-refractivity contribution is 0.0924. The predicted octanol–water partition coefficient (Wildman–Crippen LogP) is 2.42. The minimum absolute atomic E-state index is 0.0398. The van der Waals surface area contributed by atoms with E-state index in [9.17, 15) is 14.7 Å². The van der Waals surface area contributed by atoms with Crippen molar-refractivity contribution in [3.05, 3.63) is 17.7 Å². The van der Waals surface area contributed by atoms with E-state index in [0.29, 0.717) is 35.3 Å². The van der Waals surface area contributed by atoms with Crippen molar-refractivity contribution >= 4 is 17.6 Å². The Labute approximate surface area is 160 Å². The number of ether oxygens (including phenoxy) is 2. The maximum atomic E-state index is 12.8. The van der Waals surface area contributed by atoms with Crippen LogP contribution in [-0.4, -0.2) is 68.4 Å². The molecule has 2 N–H and O–H groups in total. The van der Waals surface area contributed by atoms with E-state index in [-0.39, 0.29) is 12.2 Å². The summed E-state index contributed by atoms with van der Waals surface area (Å²) in [5.74, 6) is 0.631. The molecule has 1 aromatic rings. The summed E-state index contributed by atoms with van der Waals surface area (Å²) in [6, 6.07) is 3.41. The van der Waals surface area contributed by atoms with Crippen LogP contribution in [0.2, 0.25) is 0 Å². The van der Waals surface area contributed by atoms with Crippen LogP contribution in [0.25, 0.3) is 0 Å². The van der Waals surface area contributed by atoms with Crippen LogP contribution in [0.1, 0.15) is 37.0 Å². The van der Waals surface area contributed by atoms with Crippen molar-refractivity contribution < 1.29 is 24.2 Å². The molecule has 0 saturated carbocycles. The van der Waals surface area contributed by atoms with Gasteiger partial charge in [-0.3, -0.25) is 15.0 Å². The van der Waals surface area contributed by atoms with E-state index in [1.807, 2.05) is 14.1 Å². The summed E-state index contributed by atoms with van der Waals surface area (Å²) in [7, 11) is 6.94. The normalized spacial score (nSPS) is 20.4. The molecule has 0 saturated heterocycles. The van der Waals surface area contributed by atoms with Crippen molar-refractivity contribution in [2.45, 2.75) is 38.4 Å². The molecule has 8 heteroatoms. The Hall–Kier alpha value is -2.32. The van der Waals surface area contributed by atoms with Crippen LogP contribution in [-0.2, 0) is 0 Å². The lowest BCUT2D eigenvalue weighted by atomic mass is 9.90. The van der Waals surface area contributed by atoms with Crippen LogP contribution in [0.15, 0.2) is 12.1 Å². The fourth-order valence-electron chi connectivity index (χ4n) is 3.29. The van der Waals surface area contributed by atoms with Gasteiger partial charge in [0.1, 0.15) is 5.66 Å². The van der Waals surface area contributed by atoms with Crippen LogP contribution < -0.4 is 19.7 Å². The molecule has 0 aliphatic carbocycles. The van der Waals surface area contributed by atoms with Crippen molar-refractivity contribution in [2.75, 3.05) is 39.8 Å². The van der Waals surface area contributed by atoms with Crippen molar-refractivity contribution in [3.63, 3.8) is 0 Å². The summed E-state index contributed by atoms with van der Waals surface area (Å²) < 4.78 is 10.5. The van der Waals surface area contributed by atoms with E-state index in [4.69, 9.17) is 9.47 Å². The van der Waals surface area contributed by atoms with Gasteiger partial charge in [0.15, 0.2) is 17.3 Å². The van der Waals surface area contributed by atoms with E-state index in [2.05, 4.69) is 17.1 Å². The maximum absolute atomic E-state index is 12.8. The maximum Gasteiger partial charge on any atom is 0.413 e. The smallest absolute Gasteiger partial charge is 0.413 e. The molecule has 2 unspecified atom stereocenters. The fourth-order valence-corrected chi connectivity index (χ4v) is 3.29. The molecule has 0 radical (unpaired) electrons. The first kappa shape index (κ1) is 21.0. The quantitative estimate of drug-likeness (QED) is 0.752. The van der Waals surface area contributed by atoms with Gasteiger partial charge in [-0.1, -0.05) is 0 Å². The number of nitrogens with zero attached hydrogens (tertiary/aromatic N) is 2. The second-order valence-electron chi connectivity index (χ2n) is 7.24. The zero-order valence-corrected chi connectivity index (χ0v) is 16.8. The zero-order valence-electron chi connectivity index (χ0n) is 16.8. The molecule has 2 rings (SSSR count). The van der Waals surface area contributed by atoms with Crippen molar-refractivity contribution in [2.24, 2.45) is 0 Å². The third kappa shape index (κ3) is 4.17. The van der Waals surface area contributed by atoms with Crippen LogP contribution in [0.3, 0.4) is 0 Å². The van der Waals surface area contributed by atoms with Gasteiger partial charge in [-0.05, 0) is 47.0 Å². The average Bonchev–Trinajstić information content (AvgIpc) is 2.59. The van der Waals surface area contributed by atoms with Crippen molar-refractivity contribution in [3.8, 4) is 11.5 Å². The van der Waals surface area contributed by atoms with Gasteiger partial charge in [0.2, 0.25) is 0 Å². The highest BCUT2D eigenvalue weighted by Crippen LogP contribution is 2.42. The number of ketones is 1. The number of amides is 1. The zero-order chi connectivity index (χ0) is 20.4. The van der Waals surface area contributed by atoms with Crippen LogP contribution in [0, 0.1) is 0 Å². The molecule has 0 fully saturated rings. The van der Waals surface area contributed by atoms with Crippen LogP contribution in [0.4, 0.5) is 10.5 Å². The highest BCUT2D eigenvalue weighted by molar-refractivity contribution is 6.09. The first-order chi connectivity index (χ1) is 12.6. The molecule has 1 aliphatic heterocycles. The lowest BCUT2D eigenvalue weighted by Gasteiger charge is -2.44. The van der Waals surface area contributed by atoms with Gasteiger partial charge in [-0.15, -0.1) is 0 Å². The summed E-state index contributed by atoms with van der Waals surface area (Å²) >= 11 is 0. The Bertz CT molecular complexity index is 722. The second kappa shape index (κ2) is 8.14. The number of rotatable bonds is 7. The van der Waals surface area contributed by atoms with Crippen LogP contribution >= 0.6 is 0 Å². The molecule has 2 atom stereocenters. The van der Waals surface area contributed by atoms with Gasteiger partial charge >= 0.3 is 6.09 Å². The Morgan fingerprint density at radius 3 is 2.44 bits per heavy atom. The van der Waals surface area contributed by atoms with E-state index in [0.717, 1.165) is 6.42 Å². The molecular weight excluding hydrogens is 350 g/mol. The van der Waals surface area contributed by atoms with E-state index in [1.54, 1.807) is 19.1 Å². The molecule has 150 valence electrons. The number of hydrogen-bond donors (Lipinski definition) is 2. The Morgan fingerprint density at radius 1 is 1.33 bits per heavy atom. The lowest BCUT2D eigenvalue weighted by Crippen LogP contribution is -2.62. The standard InChI is InChI=1S/C19H29N3O5/c1-12(21(3)4)7-8-20-19(2)11-15(23)13-9-16(26-5)17(27-6)10-14(13)22(19)18(24)25/h9-10,12,20H,7-8,11H2,1-6H3,(H,24,25). The first-order valence-corrected chi connectivity index (χ1v) is 8.88. The summed E-state index contributed by atoms with van der Waals surface area (Å²) in [5, 5.41) is 13.2. The van der Waals surface area contributed by atoms with Gasteiger partial charge in [-0.25, -0.2) is 4.79 Å². The number of carboxylic acid groups (broad SMARTS) is 1. The monoisotopic (exact) mass is 379 g/mol. The number of methoxy groups -OCH3 is 2.